The second kappa shape index (κ2) is 5.03. The van der Waals surface area contributed by atoms with Crippen molar-refractivity contribution in [2.24, 2.45) is 0 Å². The van der Waals surface area contributed by atoms with Gasteiger partial charge in [-0.15, -0.1) is 0 Å². The van der Waals surface area contributed by atoms with E-state index in [1.807, 2.05) is 36.4 Å². The number of ether oxygens (including phenoxy) is 1. The lowest BCUT2D eigenvalue weighted by atomic mass is 9.77. The van der Waals surface area contributed by atoms with Gasteiger partial charge >= 0.3 is 0 Å². The number of benzene rings is 2. The minimum absolute atomic E-state index is 0.146. The topological polar surface area (TPSA) is 26.3 Å². The molecule has 0 spiro atoms. The standard InChI is InChI=1S/C19H18O2/c20-19(15-8-9-18-14(12-15)10-11-21-18)17-7-2-1-6-16(17)13-4-3-5-13/h1-2,6-9,12-13H,3-5,10-11H2. The molecule has 2 aromatic rings. The number of hydrogen-bond acceptors (Lipinski definition) is 2. The van der Waals surface area contributed by atoms with Crippen LogP contribution in [0, 0.1) is 0 Å². The van der Waals surface area contributed by atoms with E-state index in [1.54, 1.807) is 0 Å². The molecule has 1 fully saturated rings. The third-order valence-corrected chi connectivity index (χ3v) is 4.70. The van der Waals surface area contributed by atoms with Gasteiger partial charge in [0.1, 0.15) is 5.75 Å². The molecule has 1 aliphatic carbocycles. The molecular formula is C19H18O2. The minimum Gasteiger partial charge on any atom is -0.493 e. The fraction of sp³-hybridized carbons (Fsp3) is 0.316. The second-order valence-electron chi connectivity index (χ2n) is 5.97. The molecule has 2 nitrogen and oxygen atoms in total. The summed E-state index contributed by atoms with van der Waals surface area (Å²) in [5.74, 6) is 1.65. The molecule has 0 N–H and O–H groups in total. The van der Waals surface area contributed by atoms with Gasteiger partial charge in [-0.3, -0.25) is 4.79 Å². The van der Waals surface area contributed by atoms with Crippen LogP contribution in [0.5, 0.6) is 5.75 Å². The van der Waals surface area contributed by atoms with Gasteiger partial charge in [-0.1, -0.05) is 30.7 Å². The largest absolute Gasteiger partial charge is 0.493 e. The van der Waals surface area contributed by atoms with Crippen LogP contribution in [0.1, 0.15) is 52.2 Å². The maximum absolute atomic E-state index is 12.9. The van der Waals surface area contributed by atoms with Crippen molar-refractivity contribution in [3.8, 4) is 5.75 Å². The normalized spacial score (nSPS) is 17.0. The van der Waals surface area contributed by atoms with Crippen molar-refractivity contribution in [2.45, 2.75) is 31.6 Å². The van der Waals surface area contributed by atoms with Crippen molar-refractivity contribution >= 4 is 5.78 Å². The lowest BCUT2D eigenvalue weighted by molar-refractivity contribution is 0.103. The van der Waals surface area contributed by atoms with Gasteiger partial charge in [0.2, 0.25) is 0 Å². The van der Waals surface area contributed by atoms with E-state index in [4.69, 9.17) is 4.74 Å². The second-order valence-corrected chi connectivity index (χ2v) is 5.97. The maximum Gasteiger partial charge on any atom is 0.193 e. The Hall–Kier alpha value is -2.09. The van der Waals surface area contributed by atoms with Crippen molar-refractivity contribution in [1.82, 2.24) is 0 Å². The van der Waals surface area contributed by atoms with Crippen LogP contribution in [0.2, 0.25) is 0 Å². The van der Waals surface area contributed by atoms with Crippen LogP contribution in [-0.4, -0.2) is 12.4 Å². The zero-order valence-corrected chi connectivity index (χ0v) is 12.0. The van der Waals surface area contributed by atoms with Crippen molar-refractivity contribution < 1.29 is 9.53 Å². The average molecular weight is 278 g/mol. The van der Waals surface area contributed by atoms with Crippen molar-refractivity contribution in [3.05, 3.63) is 64.7 Å². The smallest absolute Gasteiger partial charge is 0.193 e. The highest BCUT2D eigenvalue weighted by Crippen LogP contribution is 2.38. The number of ketones is 1. The van der Waals surface area contributed by atoms with Crippen LogP contribution in [-0.2, 0) is 6.42 Å². The van der Waals surface area contributed by atoms with E-state index in [-0.39, 0.29) is 5.78 Å². The number of hydrogen-bond donors (Lipinski definition) is 0. The predicted octanol–water partition coefficient (Wildman–Crippen LogP) is 4.12. The first-order valence-corrected chi connectivity index (χ1v) is 7.72. The zero-order valence-electron chi connectivity index (χ0n) is 12.0. The molecule has 2 aliphatic rings. The van der Waals surface area contributed by atoms with Gasteiger partial charge in [0.15, 0.2) is 5.78 Å². The Morgan fingerprint density at radius 3 is 2.76 bits per heavy atom. The first-order chi connectivity index (χ1) is 10.3. The van der Waals surface area contributed by atoms with Crippen molar-refractivity contribution in [3.63, 3.8) is 0 Å². The molecule has 21 heavy (non-hydrogen) atoms. The van der Waals surface area contributed by atoms with Gasteiger partial charge in [-0.05, 0) is 48.1 Å². The lowest BCUT2D eigenvalue weighted by Crippen LogP contribution is -2.14. The van der Waals surface area contributed by atoms with Gasteiger partial charge in [-0.2, -0.15) is 0 Å². The molecule has 0 unspecified atom stereocenters. The molecule has 1 aliphatic heterocycles. The summed E-state index contributed by atoms with van der Waals surface area (Å²) in [5.41, 5.74) is 4.04. The van der Waals surface area contributed by atoms with Crippen molar-refractivity contribution in [2.75, 3.05) is 6.61 Å². The summed E-state index contributed by atoms with van der Waals surface area (Å²) in [6.07, 6.45) is 4.61. The molecular weight excluding hydrogens is 260 g/mol. The predicted molar refractivity (Wildman–Crippen MR) is 82.1 cm³/mol. The van der Waals surface area contributed by atoms with Gasteiger partial charge in [0.25, 0.3) is 0 Å². The quantitative estimate of drug-likeness (QED) is 0.789. The van der Waals surface area contributed by atoms with E-state index in [0.29, 0.717) is 5.92 Å². The summed E-state index contributed by atoms with van der Waals surface area (Å²) in [5, 5.41) is 0. The van der Waals surface area contributed by atoms with E-state index in [2.05, 4.69) is 6.07 Å². The third-order valence-electron chi connectivity index (χ3n) is 4.70. The van der Waals surface area contributed by atoms with Crippen LogP contribution >= 0.6 is 0 Å². The Kier molecular flexibility index (Phi) is 3.03. The van der Waals surface area contributed by atoms with Gasteiger partial charge in [0, 0.05) is 17.5 Å². The summed E-state index contributed by atoms with van der Waals surface area (Å²) in [6, 6.07) is 13.9. The highest BCUT2D eigenvalue weighted by Gasteiger charge is 2.25. The number of fused-ring (bicyclic) bond motifs is 1. The molecule has 0 amide bonds. The maximum atomic E-state index is 12.9. The number of carbonyl (C=O) groups excluding carboxylic acids is 1. The summed E-state index contributed by atoms with van der Waals surface area (Å²) < 4.78 is 5.52. The van der Waals surface area contributed by atoms with Gasteiger partial charge < -0.3 is 4.74 Å². The Morgan fingerprint density at radius 2 is 1.95 bits per heavy atom. The Morgan fingerprint density at radius 1 is 1.10 bits per heavy atom. The SMILES string of the molecule is O=C(c1ccc2c(c1)CCO2)c1ccccc1C1CCC1. The summed E-state index contributed by atoms with van der Waals surface area (Å²) in [6.45, 7) is 0.728. The van der Waals surface area contributed by atoms with E-state index in [0.717, 1.165) is 35.5 Å². The monoisotopic (exact) mass is 278 g/mol. The van der Waals surface area contributed by atoms with Crippen LogP contribution in [0.15, 0.2) is 42.5 Å². The van der Waals surface area contributed by atoms with E-state index in [9.17, 15) is 4.79 Å². The molecule has 1 heterocycles. The van der Waals surface area contributed by atoms with Gasteiger partial charge in [0.05, 0.1) is 6.61 Å². The molecule has 2 heteroatoms. The van der Waals surface area contributed by atoms with Crippen molar-refractivity contribution in [1.29, 1.82) is 0 Å². The Labute approximate surface area is 124 Å². The minimum atomic E-state index is 0.146. The molecule has 4 rings (SSSR count). The first-order valence-electron chi connectivity index (χ1n) is 7.72. The molecule has 1 saturated carbocycles. The number of carbonyl (C=O) groups is 1. The summed E-state index contributed by atoms with van der Waals surface area (Å²) in [4.78, 5) is 12.9. The fourth-order valence-electron chi connectivity index (χ4n) is 3.26. The highest BCUT2D eigenvalue weighted by molar-refractivity contribution is 6.10. The van der Waals surface area contributed by atoms with Crippen LogP contribution in [0.3, 0.4) is 0 Å². The average Bonchev–Trinajstić information content (AvgIpc) is 2.92. The first kappa shape index (κ1) is 12.6. The summed E-state index contributed by atoms with van der Waals surface area (Å²) >= 11 is 0. The Balaban J connectivity index is 1.71. The van der Waals surface area contributed by atoms with Gasteiger partial charge in [-0.25, -0.2) is 0 Å². The summed E-state index contributed by atoms with van der Waals surface area (Å²) in [7, 11) is 0. The molecule has 0 bridgehead atoms. The molecule has 0 aromatic heterocycles. The molecule has 0 atom stereocenters. The van der Waals surface area contributed by atoms with Crippen LogP contribution in [0.4, 0.5) is 0 Å². The van der Waals surface area contributed by atoms with E-state index in [1.165, 1.54) is 24.8 Å². The molecule has 0 radical (unpaired) electrons. The lowest BCUT2D eigenvalue weighted by Gasteiger charge is -2.27. The van der Waals surface area contributed by atoms with E-state index < -0.39 is 0 Å². The molecule has 2 aromatic carbocycles. The molecule has 0 saturated heterocycles. The third kappa shape index (κ3) is 2.15. The van der Waals surface area contributed by atoms with Crippen LogP contribution < -0.4 is 4.74 Å². The number of rotatable bonds is 3. The van der Waals surface area contributed by atoms with Crippen LogP contribution in [0.25, 0.3) is 0 Å². The zero-order chi connectivity index (χ0) is 14.2. The fourth-order valence-corrected chi connectivity index (χ4v) is 3.26. The Bertz CT molecular complexity index is 698. The highest BCUT2D eigenvalue weighted by atomic mass is 16.5. The van der Waals surface area contributed by atoms with E-state index >= 15 is 0 Å². The molecule has 106 valence electrons.